The zero-order chi connectivity index (χ0) is 16.0. The first-order valence-electron chi connectivity index (χ1n) is 9.56. The number of piperazine rings is 1. The normalized spacial score (nSPS) is 40.2. The van der Waals surface area contributed by atoms with Gasteiger partial charge in [0.25, 0.3) is 0 Å². The van der Waals surface area contributed by atoms with Crippen LogP contribution < -0.4 is 5.32 Å². The third kappa shape index (κ3) is 2.85. The number of nitrogens with zero attached hydrogens (tertiary/aromatic N) is 2. The van der Waals surface area contributed by atoms with Crippen LogP contribution in [-0.4, -0.2) is 61.2 Å². The van der Waals surface area contributed by atoms with E-state index >= 15 is 0 Å². The van der Waals surface area contributed by atoms with Crippen molar-refractivity contribution < 1.29 is 0 Å². The van der Waals surface area contributed by atoms with Crippen molar-refractivity contribution in [3.05, 3.63) is 0 Å². The molecule has 1 heterocycles. The Morgan fingerprint density at radius 2 is 1.82 bits per heavy atom. The lowest BCUT2D eigenvalue weighted by atomic mass is 9.68. The molecule has 2 aliphatic carbocycles. The molecule has 3 fully saturated rings. The standard InChI is InChI=1S/C19H37N3/c1-6-21-9-11-22(12-10-21)15(2)14-20-17-18(3,4)16-7-8-19(17,5)13-16/h15-17,20H,6-14H2,1-5H3/t15-,16-,17+,19-/m0/s1. The lowest BCUT2D eigenvalue weighted by Crippen LogP contribution is -2.56. The van der Waals surface area contributed by atoms with Crippen molar-refractivity contribution in [3.63, 3.8) is 0 Å². The van der Waals surface area contributed by atoms with Gasteiger partial charge in [0.15, 0.2) is 0 Å². The molecule has 0 spiro atoms. The Morgan fingerprint density at radius 3 is 2.36 bits per heavy atom. The molecule has 3 heteroatoms. The van der Waals surface area contributed by atoms with Gasteiger partial charge in [0.05, 0.1) is 0 Å². The molecule has 4 atom stereocenters. The molecule has 1 saturated heterocycles. The zero-order valence-corrected chi connectivity index (χ0v) is 15.5. The summed E-state index contributed by atoms with van der Waals surface area (Å²) < 4.78 is 0. The van der Waals surface area contributed by atoms with Gasteiger partial charge in [-0.1, -0.05) is 27.7 Å². The number of hydrogen-bond acceptors (Lipinski definition) is 3. The van der Waals surface area contributed by atoms with Crippen LogP contribution in [0, 0.1) is 16.7 Å². The van der Waals surface area contributed by atoms with Crippen molar-refractivity contribution in [1.82, 2.24) is 15.1 Å². The molecular weight excluding hydrogens is 270 g/mol. The van der Waals surface area contributed by atoms with E-state index in [-0.39, 0.29) is 0 Å². The summed E-state index contributed by atoms with van der Waals surface area (Å²) in [5.41, 5.74) is 1.03. The minimum absolute atomic E-state index is 0.480. The van der Waals surface area contributed by atoms with Crippen LogP contribution in [0.4, 0.5) is 0 Å². The fourth-order valence-electron chi connectivity index (χ4n) is 5.75. The van der Waals surface area contributed by atoms with E-state index in [1.807, 2.05) is 0 Å². The van der Waals surface area contributed by atoms with Gasteiger partial charge in [0, 0.05) is 44.8 Å². The first kappa shape index (κ1) is 16.7. The molecule has 1 aliphatic heterocycles. The molecule has 0 amide bonds. The molecule has 0 aromatic rings. The summed E-state index contributed by atoms with van der Waals surface area (Å²) >= 11 is 0. The number of nitrogens with one attached hydrogen (secondary N) is 1. The maximum absolute atomic E-state index is 4.01. The molecule has 0 aromatic carbocycles. The van der Waals surface area contributed by atoms with Crippen molar-refractivity contribution in [3.8, 4) is 0 Å². The minimum atomic E-state index is 0.480. The van der Waals surface area contributed by atoms with E-state index in [9.17, 15) is 0 Å². The van der Waals surface area contributed by atoms with E-state index in [1.54, 1.807) is 0 Å². The van der Waals surface area contributed by atoms with Gasteiger partial charge in [-0.3, -0.25) is 4.90 Å². The third-order valence-corrected chi connectivity index (χ3v) is 7.36. The van der Waals surface area contributed by atoms with Crippen molar-refractivity contribution in [2.45, 2.75) is 66.0 Å². The highest BCUT2D eigenvalue weighted by molar-refractivity contribution is 5.12. The molecule has 3 rings (SSSR count). The first-order valence-corrected chi connectivity index (χ1v) is 9.56. The Bertz CT molecular complexity index is 381. The molecule has 22 heavy (non-hydrogen) atoms. The van der Waals surface area contributed by atoms with Gasteiger partial charge in [-0.15, -0.1) is 0 Å². The Labute approximate surface area is 137 Å². The molecule has 2 bridgehead atoms. The van der Waals surface area contributed by atoms with E-state index < -0.39 is 0 Å². The Kier molecular flexibility index (Phi) is 4.61. The largest absolute Gasteiger partial charge is 0.311 e. The van der Waals surface area contributed by atoms with Gasteiger partial charge in [0.2, 0.25) is 0 Å². The monoisotopic (exact) mass is 307 g/mol. The van der Waals surface area contributed by atoms with Crippen LogP contribution in [0.2, 0.25) is 0 Å². The second kappa shape index (κ2) is 6.07. The summed E-state index contributed by atoms with van der Waals surface area (Å²) in [6.45, 7) is 19.6. The van der Waals surface area contributed by atoms with E-state index in [4.69, 9.17) is 0 Å². The van der Waals surface area contributed by atoms with Gasteiger partial charge in [-0.2, -0.15) is 0 Å². The van der Waals surface area contributed by atoms with Gasteiger partial charge in [-0.25, -0.2) is 0 Å². The molecule has 0 aromatic heterocycles. The summed E-state index contributed by atoms with van der Waals surface area (Å²) in [5, 5.41) is 4.01. The quantitative estimate of drug-likeness (QED) is 0.842. The Balaban J connectivity index is 1.52. The molecule has 3 aliphatic rings. The Hall–Kier alpha value is -0.120. The number of fused-ring (bicyclic) bond motifs is 2. The van der Waals surface area contributed by atoms with Crippen molar-refractivity contribution in [2.24, 2.45) is 16.7 Å². The maximum Gasteiger partial charge on any atom is 0.0193 e. The SMILES string of the molecule is CCN1CCN([C@@H](C)CN[C@@H]2C(C)(C)[C@H]3CC[C@@]2(C)C3)CC1. The van der Waals surface area contributed by atoms with Gasteiger partial charge in [-0.05, 0) is 49.5 Å². The number of likely N-dealkylation sites (N-methyl/N-ethyl adjacent to an activating group) is 1. The van der Waals surface area contributed by atoms with E-state index in [0.29, 0.717) is 22.9 Å². The highest BCUT2D eigenvalue weighted by Crippen LogP contribution is 2.62. The van der Waals surface area contributed by atoms with Crippen molar-refractivity contribution in [1.29, 1.82) is 0 Å². The third-order valence-electron chi connectivity index (χ3n) is 7.36. The van der Waals surface area contributed by atoms with Crippen LogP contribution in [0.5, 0.6) is 0 Å². The summed E-state index contributed by atoms with van der Waals surface area (Å²) in [7, 11) is 0. The topological polar surface area (TPSA) is 18.5 Å². The number of hydrogen-bond donors (Lipinski definition) is 1. The van der Waals surface area contributed by atoms with Crippen LogP contribution in [0.15, 0.2) is 0 Å². The van der Waals surface area contributed by atoms with Crippen LogP contribution in [0.3, 0.4) is 0 Å². The second-order valence-electron chi connectivity index (χ2n) is 9.08. The minimum Gasteiger partial charge on any atom is -0.311 e. The highest BCUT2D eigenvalue weighted by atomic mass is 15.3. The lowest BCUT2D eigenvalue weighted by molar-refractivity contribution is 0.0793. The lowest BCUT2D eigenvalue weighted by Gasteiger charge is -2.45. The van der Waals surface area contributed by atoms with E-state index in [1.165, 1.54) is 52.0 Å². The smallest absolute Gasteiger partial charge is 0.0193 e. The summed E-state index contributed by atoms with van der Waals surface area (Å²) in [6, 6.07) is 1.37. The van der Waals surface area contributed by atoms with Crippen LogP contribution in [0.25, 0.3) is 0 Å². The number of rotatable bonds is 5. The van der Waals surface area contributed by atoms with Crippen LogP contribution in [-0.2, 0) is 0 Å². The molecule has 1 N–H and O–H groups in total. The molecule has 2 saturated carbocycles. The summed E-state index contributed by atoms with van der Waals surface area (Å²) in [5.74, 6) is 0.943. The average molecular weight is 308 g/mol. The summed E-state index contributed by atoms with van der Waals surface area (Å²) in [4.78, 5) is 5.25. The van der Waals surface area contributed by atoms with E-state index in [0.717, 1.165) is 12.5 Å². The fraction of sp³-hybridized carbons (Fsp3) is 1.00. The van der Waals surface area contributed by atoms with Gasteiger partial charge < -0.3 is 10.2 Å². The Morgan fingerprint density at radius 1 is 1.14 bits per heavy atom. The van der Waals surface area contributed by atoms with Crippen LogP contribution in [0.1, 0.15) is 53.9 Å². The predicted molar refractivity (Wildman–Crippen MR) is 94.2 cm³/mol. The fourth-order valence-corrected chi connectivity index (χ4v) is 5.75. The highest BCUT2D eigenvalue weighted by Gasteiger charge is 2.58. The predicted octanol–water partition coefficient (Wildman–Crippen LogP) is 2.82. The summed E-state index contributed by atoms with van der Waals surface area (Å²) in [6.07, 6.45) is 4.33. The molecule has 128 valence electrons. The first-order chi connectivity index (χ1) is 10.4. The van der Waals surface area contributed by atoms with E-state index in [2.05, 4.69) is 49.7 Å². The molecule has 0 radical (unpaired) electrons. The van der Waals surface area contributed by atoms with Crippen LogP contribution >= 0.6 is 0 Å². The average Bonchev–Trinajstić information content (AvgIpc) is 2.98. The van der Waals surface area contributed by atoms with Crippen molar-refractivity contribution >= 4 is 0 Å². The molecular formula is C19H37N3. The van der Waals surface area contributed by atoms with Crippen molar-refractivity contribution in [2.75, 3.05) is 39.3 Å². The maximum atomic E-state index is 4.01. The second-order valence-corrected chi connectivity index (χ2v) is 9.08. The molecule has 3 nitrogen and oxygen atoms in total. The van der Waals surface area contributed by atoms with Gasteiger partial charge >= 0.3 is 0 Å². The van der Waals surface area contributed by atoms with Gasteiger partial charge in [0.1, 0.15) is 0 Å². The zero-order valence-electron chi connectivity index (χ0n) is 15.5. The molecule has 0 unspecified atom stereocenters.